The Hall–Kier alpha value is -3.73. The number of nitrogens with zero attached hydrogens (tertiary/aromatic N) is 1. The number of methoxy groups -OCH3 is 1. The molecule has 0 fully saturated rings. The number of nitrogens with one attached hydrogen (secondary N) is 2. The number of sulfonamides is 1. The fourth-order valence-electron chi connectivity index (χ4n) is 4.14. The van der Waals surface area contributed by atoms with Crippen molar-refractivity contribution in [1.82, 2.24) is 14.9 Å². The third-order valence-corrected chi connectivity index (χ3v) is 7.68. The number of hydrogen-bond donors (Lipinski definition) is 3. The molecule has 0 aliphatic rings. The van der Waals surface area contributed by atoms with Crippen LogP contribution < -0.4 is 14.8 Å². The molecule has 3 rings (SSSR count). The number of carbonyl (C=O) groups is 2. The molecule has 208 valence electrons. The van der Waals surface area contributed by atoms with Crippen molar-refractivity contribution < 1.29 is 27.9 Å². The summed E-state index contributed by atoms with van der Waals surface area (Å²) in [6.07, 6.45) is 0.464. The van der Waals surface area contributed by atoms with E-state index in [1.54, 1.807) is 62.6 Å². The van der Waals surface area contributed by atoms with E-state index in [2.05, 4.69) is 10.0 Å². The molecular formula is C29H35N3O6S. The molecule has 3 aromatic carbocycles. The van der Waals surface area contributed by atoms with Crippen LogP contribution in [0.2, 0.25) is 0 Å². The fraction of sp³-hybridized carbons (Fsp3) is 0.310. The smallest absolute Gasteiger partial charge is 0.247 e. The van der Waals surface area contributed by atoms with Crippen LogP contribution >= 0.6 is 0 Å². The van der Waals surface area contributed by atoms with Crippen molar-refractivity contribution in [2.75, 3.05) is 26.8 Å². The number of aliphatic hydroxyl groups excluding tert-OH is 1. The van der Waals surface area contributed by atoms with Gasteiger partial charge < -0.3 is 20.1 Å². The van der Waals surface area contributed by atoms with E-state index in [4.69, 9.17) is 4.74 Å². The minimum Gasteiger partial charge on any atom is -0.497 e. The highest BCUT2D eigenvalue weighted by Crippen LogP contribution is 2.26. The summed E-state index contributed by atoms with van der Waals surface area (Å²) in [6.45, 7) is 2.02. The lowest BCUT2D eigenvalue weighted by Gasteiger charge is -2.32. The molecule has 1 atom stereocenters. The first kappa shape index (κ1) is 29.8. The molecule has 2 amide bonds. The zero-order valence-corrected chi connectivity index (χ0v) is 23.0. The minimum absolute atomic E-state index is 0.0644. The minimum atomic E-state index is -3.57. The zero-order valence-electron chi connectivity index (χ0n) is 22.2. The Labute approximate surface area is 229 Å². The normalized spacial score (nSPS) is 12.0. The van der Waals surface area contributed by atoms with Gasteiger partial charge in [0.25, 0.3) is 0 Å². The molecular weight excluding hydrogens is 518 g/mol. The lowest BCUT2D eigenvalue weighted by molar-refractivity contribution is -0.141. The van der Waals surface area contributed by atoms with Crippen molar-refractivity contribution in [3.8, 4) is 5.75 Å². The monoisotopic (exact) mass is 553 g/mol. The van der Waals surface area contributed by atoms with Crippen molar-refractivity contribution >= 4 is 21.8 Å². The summed E-state index contributed by atoms with van der Waals surface area (Å²) in [5.41, 5.74) is 2.26. The molecule has 0 spiro atoms. The van der Waals surface area contributed by atoms with E-state index in [1.165, 1.54) is 17.0 Å². The first-order valence-corrected chi connectivity index (χ1v) is 14.2. The average molecular weight is 554 g/mol. The summed E-state index contributed by atoms with van der Waals surface area (Å²) in [7, 11) is -1.99. The number of hydrogen-bond acceptors (Lipinski definition) is 6. The number of rotatable bonds is 14. The number of benzene rings is 3. The van der Waals surface area contributed by atoms with Gasteiger partial charge >= 0.3 is 0 Å². The third kappa shape index (κ3) is 8.38. The summed E-state index contributed by atoms with van der Waals surface area (Å²) in [5, 5.41) is 12.0. The van der Waals surface area contributed by atoms with Gasteiger partial charge in [0.2, 0.25) is 21.8 Å². The second kappa shape index (κ2) is 14.4. The second-order valence-corrected chi connectivity index (χ2v) is 10.6. The first-order chi connectivity index (χ1) is 18.8. The summed E-state index contributed by atoms with van der Waals surface area (Å²) in [6, 6.07) is 21.8. The van der Waals surface area contributed by atoms with Gasteiger partial charge in [0.15, 0.2) is 0 Å². The van der Waals surface area contributed by atoms with Gasteiger partial charge in [0.05, 0.1) is 18.6 Å². The van der Waals surface area contributed by atoms with E-state index in [0.29, 0.717) is 17.7 Å². The van der Waals surface area contributed by atoms with Crippen LogP contribution in [0.25, 0.3) is 0 Å². The average Bonchev–Trinajstić information content (AvgIpc) is 2.95. The summed E-state index contributed by atoms with van der Waals surface area (Å²) in [4.78, 5) is 28.7. The van der Waals surface area contributed by atoms with Crippen molar-refractivity contribution in [2.45, 2.75) is 37.2 Å². The van der Waals surface area contributed by atoms with E-state index in [-0.39, 0.29) is 43.5 Å². The molecule has 9 nitrogen and oxygen atoms in total. The Morgan fingerprint density at radius 1 is 0.949 bits per heavy atom. The Morgan fingerprint density at radius 3 is 2.18 bits per heavy atom. The maximum Gasteiger partial charge on any atom is 0.247 e. The quantitative estimate of drug-likeness (QED) is 0.282. The molecule has 10 heteroatoms. The van der Waals surface area contributed by atoms with Gasteiger partial charge in [0.1, 0.15) is 11.8 Å². The molecule has 0 saturated carbocycles. The van der Waals surface area contributed by atoms with Crippen LogP contribution in [-0.4, -0.2) is 57.0 Å². The van der Waals surface area contributed by atoms with Crippen LogP contribution in [0.3, 0.4) is 0 Å². The first-order valence-electron chi connectivity index (χ1n) is 12.7. The van der Waals surface area contributed by atoms with Gasteiger partial charge in [-0.25, -0.2) is 13.1 Å². The Morgan fingerprint density at radius 2 is 1.59 bits per heavy atom. The van der Waals surface area contributed by atoms with E-state index in [1.807, 2.05) is 18.2 Å². The number of carbonyl (C=O) groups excluding carboxylic acids is 2. The number of aliphatic hydroxyl groups is 1. The van der Waals surface area contributed by atoms with Crippen molar-refractivity contribution in [3.63, 3.8) is 0 Å². The van der Waals surface area contributed by atoms with Crippen LogP contribution in [0.4, 0.5) is 0 Å². The molecule has 0 saturated heterocycles. The molecule has 39 heavy (non-hydrogen) atoms. The van der Waals surface area contributed by atoms with Crippen LogP contribution in [0.5, 0.6) is 5.75 Å². The van der Waals surface area contributed by atoms with Gasteiger partial charge in [-0.2, -0.15) is 0 Å². The molecule has 0 radical (unpaired) electrons. The van der Waals surface area contributed by atoms with Crippen molar-refractivity contribution in [1.29, 1.82) is 0 Å². The summed E-state index contributed by atoms with van der Waals surface area (Å²) in [5.74, 6) is 0.0368. The molecule has 3 N–H and O–H groups in total. The lowest BCUT2D eigenvalue weighted by atomic mass is 10.0. The largest absolute Gasteiger partial charge is 0.497 e. The molecule has 0 bridgehead atoms. The van der Waals surface area contributed by atoms with Gasteiger partial charge in [0, 0.05) is 26.1 Å². The predicted octanol–water partition coefficient (Wildman–Crippen LogP) is 2.80. The van der Waals surface area contributed by atoms with Crippen molar-refractivity contribution in [2.24, 2.45) is 0 Å². The summed E-state index contributed by atoms with van der Waals surface area (Å²) < 4.78 is 32.2. The number of amides is 2. The standard InChI is InChI=1S/C29H35N3O6S/c1-3-31-39(36,37)26-16-11-22(12-17-26)13-18-27(34)32(21-23-9-14-25(38-2)15-10-23)28(29(35)30-19-20-33)24-7-5-4-6-8-24/h4-12,14-17,28,31,33H,3,13,18-21H2,1-2H3,(H,30,35)/t28-/m1/s1. The lowest BCUT2D eigenvalue weighted by Crippen LogP contribution is -2.44. The highest BCUT2D eigenvalue weighted by atomic mass is 32.2. The van der Waals surface area contributed by atoms with Gasteiger partial charge in [-0.1, -0.05) is 61.5 Å². The third-order valence-electron chi connectivity index (χ3n) is 6.11. The van der Waals surface area contributed by atoms with Crippen LogP contribution in [0, 0.1) is 0 Å². The molecule has 0 heterocycles. The SMILES string of the molecule is CCNS(=O)(=O)c1ccc(CCC(=O)N(Cc2ccc(OC)cc2)[C@@H](C(=O)NCCO)c2ccccc2)cc1. The Bertz CT molecular complexity index is 1310. The zero-order chi connectivity index (χ0) is 28.3. The van der Waals surface area contributed by atoms with Gasteiger partial charge in [-0.05, 0) is 47.4 Å². The molecule has 0 aliphatic carbocycles. The molecule has 0 aromatic heterocycles. The van der Waals surface area contributed by atoms with Crippen LogP contribution in [0.15, 0.2) is 83.8 Å². The van der Waals surface area contributed by atoms with E-state index < -0.39 is 22.0 Å². The highest BCUT2D eigenvalue weighted by Gasteiger charge is 2.31. The van der Waals surface area contributed by atoms with E-state index >= 15 is 0 Å². The van der Waals surface area contributed by atoms with Gasteiger partial charge in [-0.3, -0.25) is 9.59 Å². The van der Waals surface area contributed by atoms with Crippen molar-refractivity contribution in [3.05, 3.63) is 95.6 Å². The maximum atomic E-state index is 13.7. The highest BCUT2D eigenvalue weighted by molar-refractivity contribution is 7.89. The van der Waals surface area contributed by atoms with E-state index in [9.17, 15) is 23.1 Å². The number of ether oxygens (including phenoxy) is 1. The Kier molecular flexibility index (Phi) is 11.0. The number of aryl methyl sites for hydroxylation is 1. The topological polar surface area (TPSA) is 125 Å². The van der Waals surface area contributed by atoms with Gasteiger partial charge in [-0.15, -0.1) is 0 Å². The Balaban J connectivity index is 1.88. The van der Waals surface area contributed by atoms with Crippen LogP contribution in [0.1, 0.15) is 36.1 Å². The maximum absolute atomic E-state index is 13.7. The summed E-state index contributed by atoms with van der Waals surface area (Å²) >= 11 is 0. The molecule has 3 aromatic rings. The second-order valence-electron chi connectivity index (χ2n) is 8.84. The fourth-order valence-corrected chi connectivity index (χ4v) is 5.18. The van der Waals surface area contributed by atoms with Crippen LogP contribution in [-0.2, 0) is 32.6 Å². The predicted molar refractivity (Wildman–Crippen MR) is 148 cm³/mol. The van der Waals surface area contributed by atoms with E-state index in [0.717, 1.165) is 11.1 Å². The molecule has 0 unspecified atom stereocenters. The molecule has 0 aliphatic heterocycles.